The fourth-order valence-corrected chi connectivity index (χ4v) is 2.40. The van der Waals surface area contributed by atoms with Gasteiger partial charge in [-0.2, -0.15) is 0 Å². The second kappa shape index (κ2) is 4.17. The third-order valence-corrected chi connectivity index (χ3v) is 3.49. The summed E-state index contributed by atoms with van der Waals surface area (Å²) in [5.41, 5.74) is 10.8. The average molecular weight is 276 g/mol. The standard InChI is InChI=1S/C15H12N6/c16-14(17)8-1-4-11-13(5-8)21-15(20-11)9-2-3-10-12(6-9)19-7-18-10/h1-7H,(H3,16,17)(H,18,19)(H,20,21). The molecule has 0 amide bonds. The van der Waals surface area contributed by atoms with Gasteiger partial charge in [0.05, 0.1) is 28.4 Å². The summed E-state index contributed by atoms with van der Waals surface area (Å²) in [5, 5.41) is 7.49. The molecule has 6 nitrogen and oxygen atoms in total. The lowest BCUT2D eigenvalue weighted by Gasteiger charge is -1.96. The number of nitrogens with one attached hydrogen (secondary N) is 3. The number of benzene rings is 2. The minimum absolute atomic E-state index is 0.0481. The van der Waals surface area contributed by atoms with Crippen LogP contribution < -0.4 is 5.73 Å². The zero-order valence-electron chi connectivity index (χ0n) is 11.0. The minimum Gasteiger partial charge on any atom is -0.384 e. The largest absolute Gasteiger partial charge is 0.384 e. The third kappa shape index (κ3) is 1.85. The van der Waals surface area contributed by atoms with Crippen molar-refractivity contribution in [3.05, 3.63) is 48.3 Å². The molecule has 0 atom stereocenters. The molecule has 0 aliphatic carbocycles. The Morgan fingerprint density at radius 2 is 1.90 bits per heavy atom. The van der Waals surface area contributed by atoms with Gasteiger partial charge >= 0.3 is 0 Å². The molecule has 0 spiro atoms. The van der Waals surface area contributed by atoms with Crippen LogP contribution in [0, 0.1) is 5.41 Å². The molecule has 2 heterocycles. The highest BCUT2D eigenvalue weighted by atomic mass is 14.9. The Hall–Kier alpha value is -3.15. The quantitative estimate of drug-likeness (QED) is 0.333. The highest BCUT2D eigenvalue weighted by Crippen LogP contribution is 2.23. The smallest absolute Gasteiger partial charge is 0.138 e. The van der Waals surface area contributed by atoms with E-state index in [0.29, 0.717) is 5.56 Å². The van der Waals surface area contributed by atoms with Gasteiger partial charge in [0.25, 0.3) is 0 Å². The molecule has 4 rings (SSSR count). The number of nitrogens with two attached hydrogens (primary N) is 1. The number of H-pyrrole nitrogens is 2. The summed E-state index contributed by atoms with van der Waals surface area (Å²) in [6, 6.07) is 11.4. The summed E-state index contributed by atoms with van der Waals surface area (Å²) >= 11 is 0. The number of aromatic nitrogens is 4. The number of rotatable bonds is 2. The molecule has 21 heavy (non-hydrogen) atoms. The zero-order chi connectivity index (χ0) is 14.4. The molecule has 0 bridgehead atoms. The van der Waals surface area contributed by atoms with Gasteiger partial charge in [-0.1, -0.05) is 0 Å². The topological polar surface area (TPSA) is 107 Å². The van der Waals surface area contributed by atoms with Gasteiger partial charge < -0.3 is 15.7 Å². The monoisotopic (exact) mass is 276 g/mol. The SMILES string of the molecule is N=C(N)c1ccc2nc(-c3ccc4nc[nH]c4c3)[nH]c2c1. The lowest BCUT2D eigenvalue weighted by Crippen LogP contribution is -2.10. The first-order valence-corrected chi connectivity index (χ1v) is 6.48. The summed E-state index contributed by atoms with van der Waals surface area (Å²) in [7, 11) is 0. The molecule has 6 heteroatoms. The van der Waals surface area contributed by atoms with Crippen LogP contribution in [-0.2, 0) is 0 Å². The van der Waals surface area contributed by atoms with Gasteiger partial charge in [-0.25, -0.2) is 9.97 Å². The summed E-state index contributed by atoms with van der Waals surface area (Å²) in [6.45, 7) is 0. The number of aromatic amines is 2. The number of hydrogen-bond donors (Lipinski definition) is 4. The van der Waals surface area contributed by atoms with Crippen molar-refractivity contribution in [2.75, 3.05) is 0 Å². The van der Waals surface area contributed by atoms with Crippen LogP contribution in [-0.4, -0.2) is 25.8 Å². The van der Waals surface area contributed by atoms with Gasteiger partial charge in [0, 0.05) is 11.1 Å². The number of imidazole rings is 2. The Labute approximate surface area is 119 Å². The molecule has 0 radical (unpaired) electrons. The Morgan fingerprint density at radius 1 is 1.05 bits per heavy atom. The number of amidine groups is 1. The summed E-state index contributed by atoms with van der Waals surface area (Å²) in [6.07, 6.45) is 1.67. The lowest BCUT2D eigenvalue weighted by atomic mass is 10.2. The average Bonchev–Trinajstić information content (AvgIpc) is 3.11. The van der Waals surface area contributed by atoms with E-state index in [2.05, 4.69) is 19.9 Å². The van der Waals surface area contributed by atoms with Crippen LogP contribution in [0.4, 0.5) is 0 Å². The molecule has 0 aliphatic heterocycles. The van der Waals surface area contributed by atoms with Gasteiger partial charge in [-0.15, -0.1) is 0 Å². The predicted molar refractivity (Wildman–Crippen MR) is 82.2 cm³/mol. The van der Waals surface area contributed by atoms with Crippen molar-refractivity contribution < 1.29 is 0 Å². The van der Waals surface area contributed by atoms with Crippen LogP contribution in [0.25, 0.3) is 33.5 Å². The van der Waals surface area contributed by atoms with Gasteiger partial charge in [-0.05, 0) is 36.4 Å². The van der Waals surface area contributed by atoms with Crippen LogP contribution in [0.1, 0.15) is 5.56 Å². The van der Waals surface area contributed by atoms with E-state index in [0.717, 1.165) is 33.5 Å². The van der Waals surface area contributed by atoms with E-state index in [1.54, 1.807) is 12.4 Å². The molecule has 4 aromatic rings. The number of hydrogen-bond acceptors (Lipinski definition) is 3. The Morgan fingerprint density at radius 3 is 2.76 bits per heavy atom. The lowest BCUT2D eigenvalue weighted by molar-refractivity contribution is 1.33. The molecule has 0 saturated heterocycles. The van der Waals surface area contributed by atoms with Crippen molar-refractivity contribution in [2.45, 2.75) is 0 Å². The van der Waals surface area contributed by atoms with Gasteiger partial charge in [0.1, 0.15) is 11.7 Å². The highest BCUT2D eigenvalue weighted by Gasteiger charge is 2.08. The molecule has 0 aliphatic rings. The minimum atomic E-state index is 0.0481. The molecule has 5 N–H and O–H groups in total. The van der Waals surface area contributed by atoms with Crippen LogP contribution in [0.5, 0.6) is 0 Å². The zero-order valence-corrected chi connectivity index (χ0v) is 11.0. The van der Waals surface area contributed by atoms with E-state index >= 15 is 0 Å². The number of fused-ring (bicyclic) bond motifs is 2. The van der Waals surface area contributed by atoms with E-state index in [9.17, 15) is 0 Å². The van der Waals surface area contributed by atoms with Crippen molar-refractivity contribution in [1.29, 1.82) is 5.41 Å². The fourth-order valence-electron chi connectivity index (χ4n) is 2.40. The predicted octanol–water partition coefficient (Wildman–Crippen LogP) is 2.39. The van der Waals surface area contributed by atoms with Gasteiger partial charge in [0.15, 0.2) is 0 Å². The Balaban J connectivity index is 1.87. The van der Waals surface area contributed by atoms with E-state index in [1.807, 2.05) is 30.3 Å². The second-order valence-corrected chi connectivity index (χ2v) is 4.87. The highest BCUT2D eigenvalue weighted by molar-refractivity contribution is 5.98. The second-order valence-electron chi connectivity index (χ2n) is 4.87. The normalized spacial score (nSPS) is 11.2. The summed E-state index contributed by atoms with van der Waals surface area (Å²) < 4.78 is 0. The maximum absolute atomic E-state index is 7.49. The maximum atomic E-state index is 7.49. The van der Waals surface area contributed by atoms with Crippen LogP contribution >= 0.6 is 0 Å². The molecule has 2 aromatic carbocycles. The van der Waals surface area contributed by atoms with Crippen molar-refractivity contribution in [2.24, 2.45) is 5.73 Å². The first kappa shape index (κ1) is 11.7. The Kier molecular flexibility index (Phi) is 2.32. The molecule has 102 valence electrons. The van der Waals surface area contributed by atoms with Crippen LogP contribution in [0.15, 0.2) is 42.7 Å². The van der Waals surface area contributed by atoms with E-state index < -0.39 is 0 Å². The van der Waals surface area contributed by atoms with E-state index in [4.69, 9.17) is 11.1 Å². The summed E-state index contributed by atoms with van der Waals surface area (Å²) in [4.78, 5) is 15.1. The first-order valence-electron chi connectivity index (χ1n) is 6.48. The number of nitrogen functional groups attached to an aromatic ring is 1. The van der Waals surface area contributed by atoms with Crippen molar-refractivity contribution in [1.82, 2.24) is 19.9 Å². The van der Waals surface area contributed by atoms with Gasteiger partial charge in [-0.3, -0.25) is 5.41 Å². The molecule has 0 unspecified atom stereocenters. The van der Waals surface area contributed by atoms with E-state index in [1.165, 1.54) is 0 Å². The van der Waals surface area contributed by atoms with E-state index in [-0.39, 0.29) is 5.84 Å². The van der Waals surface area contributed by atoms with Crippen molar-refractivity contribution in [3.63, 3.8) is 0 Å². The van der Waals surface area contributed by atoms with Crippen LogP contribution in [0.2, 0.25) is 0 Å². The van der Waals surface area contributed by atoms with Crippen molar-refractivity contribution >= 4 is 27.9 Å². The fraction of sp³-hybridized carbons (Fsp3) is 0. The maximum Gasteiger partial charge on any atom is 0.138 e. The molecular formula is C15H12N6. The molecule has 0 saturated carbocycles. The molecule has 0 fully saturated rings. The Bertz CT molecular complexity index is 978. The summed E-state index contributed by atoms with van der Waals surface area (Å²) in [5.74, 6) is 0.828. The van der Waals surface area contributed by atoms with Crippen molar-refractivity contribution in [3.8, 4) is 11.4 Å². The molecular weight excluding hydrogens is 264 g/mol. The van der Waals surface area contributed by atoms with Gasteiger partial charge in [0.2, 0.25) is 0 Å². The first-order chi connectivity index (χ1) is 10.2. The molecule has 2 aromatic heterocycles. The number of nitrogens with zero attached hydrogens (tertiary/aromatic N) is 2. The third-order valence-electron chi connectivity index (χ3n) is 3.49. The van der Waals surface area contributed by atoms with Crippen LogP contribution in [0.3, 0.4) is 0 Å².